The minimum atomic E-state index is -1.41. The van der Waals surface area contributed by atoms with Crippen molar-refractivity contribution < 1.29 is 0 Å². The largest absolute Gasteiger partial charge is 0.371 e. The van der Waals surface area contributed by atoms with E-state index in [1.54, 1.807) is 0 Å². The van der Waals surface area contributed by atoms with Crippen molar-refractivity contribution >= 4 is 8.91 Å². The van der Waals surface area contributed by atoms with Crippen molar-refractivity contribution in [1.82, 2.24) is 9.13 Å². The first-order chi connectivity index (χ1) is 15.6. The molecule has 4 heteroatoms. The summed E-state index contributed by atoms with van der Waals surface area (Å²) in [4.78, 5) is 0. The Morgan fingerprint density at radius 2 is 0.848 bits per heavy atom. The van der Waals surface area contributed by atoms with E-state index in [0.717, 1.165) is 13.1 Å². The van der Waals surface area contributed by atoms with Crippen molar-refractivity contribution in [3.05, 3.63) is 108 Å². The van der Waals surface area contributed by atoms with Crippen LogP contribution >= 0.6 is 0 Å². The second-order valence-corrected chi connectivity index (χ2v) is 12.8. The van der Waals surface area contributed by atoms with Crippen LogP contribution in [0.5, 0.6) is 0 Å². The molecule has 172 valence electrons. The first-order valence-electron chi connectivity index (χ1n) is 12.0. The molecular weight excluding hydrogens is 418 g/mol. The molecule has 3 nitrogen and oxygen atoms in total. The standard InChI is InChI=1S/C29H37N3Si/c1-27(2,3)31-22-23-32(28(4,5)6)33(31)30-29(24-16-10-7-11-17-24,25-18-12-8-13-19-25)26-20-14-9-15-21-26/h7-21H,22-23H2,1-6H3. The molecule has 1 aliphatic heterocycles. The van der Waals surface area contributed by atoms with E-state index in [-0.39, 0.29) is 11.1 Å². The summed E-state index contributed by atoms with van der Waals surface area (Å²) in [5.41, 5.74) is 3.18. The summed E-state index contributed by atoms with van der Waals surface area (Å²) in [5.74, 6) is 0. The molecule has 0 saturated carbocycles. The zero-order valence-corrected chi connectivity index (χ0v) is 21.9. The Morgan fingerprint density at radius 3 is 1.12 bits per heavy atom. The van der Waals surface area contributed by atoms with Gasteiger partial charge in [-0.2, -0.15) is 0 Å². The Labute approximate surface area is 201 Å². The summed E-state index contributed by atoms with van der Waals surface area (Å²) >= 11 is 0. The molecular formula is C29H37N3Si. The molecule has 0 atom stereocenters. The third-order valence-corrected chi connectivity index (χ3v) is 9.78. The number of benzene rings is 3. The van der Waals surface area contributed by atoms with Crippen LogP contribution in [0, 0.1) is 0 Å². The Balaban J connectivity index is 2.09. The fourth-order valence-corrected chi connectivity index (χ4v) is 7.84. The van der Waals surface area contributed by atoms with Crippen LogP contribution in [0.15, 0.2) is 95.6 Å². The van der Waals surface area contributed by atoms with Gasteiger partial charge in [0.05, 0.1) is 0 Å². The zero-order chi connectivity index (χ0) is 23.7. The van der Waals surface area contributed by atoms with E-state index in [4.69, 9.17) is 4.63 Å². The van der Waals surface area contributed by atoms with Gasteiger partial charge >= 0.3 is 8.91 Å². The maximum atomic E-state index is 5.97. The molecule has 1 aliphatic rings. The van der Waals surface area contributed by atoms with Gasteiger partial charge in [0.15, 0.2) is 0 Å². The molecule has 0 bridgehead atoms. The van der Waals surface area contributed by atoms with E-state index in [1.807, 2.05) is 0 Å². The van der Waals surface area contributed by atoms with Crippen molar-refractivity contribution in [2.75, 3.05) is 13.1 Å². The van der Waals surface area contributed by atoms with Gasteiger partial charge in [0.1, 0.15) is 5.54 Å². The van der Waals surface area contributed by atoms with Crippen molar-refractivity contribution in [3.63, 3.8) is 0 Å². The van der Waals surface area contributed by atoms with Crippen molar-refractivity contribution in [2.24, 2.45) is 4.63 Å². The molecule has 4 rings (SSSR count). The molecule has 0 radical (unpaired) electrons. The lowest BCUT2D eigenvalue weighted by atomic mass is 9.78. The minimum Gasteiger partial charge on any atom is -0.371 e. The first-order valence-corrected chi connectivity index (χ1v) is 13.3. The summed E-state index contributed by atoms with van der Waals surface area (Å²) in [6.07, 6.45) is 0. The molecule has 0 aliphatic carbocycles. The maximum Gasteiger partial charge on any atom is 0.371 e. The number of nitrogens with zero attached hydrogens (tertiary/aromatic N) is 3. The van der Waals surface area contributed by atoms with E-state index in [0.29, 0.717) is 0 Å². The summed E-state index contributed by atoms with van der Waals surface area (Å²) in [7, 11) is -1.41. The highest BCUT2D eigenvalue weighted by molar-refractivity contribution is 6.41. The lowest BCUT2D eigenvalue weighted by Gasteiger charge is -2.41. The smallest absolute Gasteiger partial charge is 0.371 e. The third-order valence-electron chi connectivity index (χ3n) is 6.49. The molecule has 33 heavy (non-hydrogen) atoms. The number of hydrogen-bond acceptors (Lipinski definition) is 1. The highest BCUT2D eigenvalue weighted by atomic mass is 28.3. The van der Waals surface area contributed by atoms with Crippen LogP contribution in [0.2, 0.25) is 0 Å². The molecule has 1 fully saturated rings. The Kier molecular flexibility index (Phi) is 6.32. The van der Waals surface area contributed by atoms with Gasteiger partial charge in [0.2, 0.25) is 0 Å². The van der Waals surface area contributed by atoms with Crippen molar-refractivity contribution in [2.45, 2.75) is 58.2 Å². The predicted octanol–water partition coefficient (Wildman–Crippen LogP) is 6.45. The second-order valence-electron chi connectivity index (χ2n) is 10.9. The molecule has 0 N–H and O–H groups in total. The highest BCUT2D eigenvalue weighted by Gasteiger charge is 2.44. The highest BCUT2D eigenvalue weighted by Crippen LogP contribution is 2.42. The van der Waals surface area contributed by atoms with Crippen LogP contribution in [0.1, 0.15) is 58.2 Å². The topological polar surface area (TPSA) is 18.8 Å². The maximum absolute atomic E-state index is 5.97. The van der Waals surface area contributed by atoms with Gasteiger partial charge in [-0.1, -0.05) is 91.0 Å². The van der Waals surface area contributed by atoms with Gasteiger partial charge in [-0.05, 0) is 58.2 Å². The van der Waals surface area contributed by atoms with Crippen molar-refractivity contribution in [3.8, 4) is 0 Å². The average Bonchev–Trinajstić information content (AvgIpc) is 3.24. The van der Waals surface area contributed by atoms with E-state index in [1.165, 1.54) is 16.7 Å². The fraction of sp³-hybridized carbons (Fsp3) is 0.379. The molecule has 0 spiro atoms. The van der Waals surface area contributed by atoms with Crippen LogP contribution in [0.25, 0.3) is 0 Å². The first kappa shape index (κ1) is 23.4. The van der Waals surface area contributed by atoms with Crippen LogP contribution in [0.4, 0.5) is 0 Å². The van der Waals surface area contributed by atoms with Gasteiger partial charge in [0.25, 0.3) is 0 Å². The molecule has 0 unspecified atom stereocenters. The quantitative estimate of drug-likeness (QED) is 0.333. The lowest BCUT2D eigenvalue weighted by molar-refractivity contribution is 0.270. The van der Waals surface area contributed by atoms with Gasteiger partial charge in [-0.3, -0.25) is 4.63 Å². The molecule has 1 heterocycles. The van der Waals surface area contributed by atoms with Crippen LogP contribution in [-0.2, 0) is 5.54 Å². The van der Waals surface area contributed by atoms with E-state index >= 15 is 0 Å². The summed E-state index contributed by atoms with van der Waals surface area (Å²) in [5, 5.41) is 0. The molecule has 3 aromatic rings. The summed E-state index contributed by atoms with van der Waals surface area (Å²) in [6.45, 7) is 16.1. The van der Waals surface area contributed by atoms with E-state index in [2.05, 4.69) is 142 Å². The Bertz CT molecular complexity index is 960. The Hall–Kier alpha value is -2.72. The molecule has 3 aromatic carbocycles. The predicted molar refractivity (Wildman–Crippen MR) is 140 cm³/mol. The van der Waals surface area contributed by atoms with Crippen LogP contribution < -0.4 is 0 Å². The third kappa shape index (κ3) is 4.54. The van der Waals surface area contributed by atoms with Gasteiger partial charge in [-0.25, -0.2) is 0 Å². The van der Waals surface area contributed by atoms with E-state index in [9.17, 15) is 0 Å². The zero-order valence-electron chi connectivity index (χ0n) is 20.9. The average molecular weight is 456 g/mol. The molecule has 0 amide bonds. The normalized spacial score (nSPS) is 15.2. The van der Waals surface area contributed by atoms with Crippen LogP contribution in [0.3, 0.4) is 0 Å². The number of hydrogen-bond donors (Lipinski definition) is 0. The van der Waals surface area contributed by atoms with Gasteiger partial charge in [0, 0.05) is 24.2 Å². The second kappa shape index (κ2) is 8.90. The van der Waals surface area contributed by atoms with Gasteiger partial charge < -0.3 is 9.13 Å². The lowest BCUT2D eigenvalue weighted by Crippen LogP contribution is -2.53. The monoisotopic (exact) mass is 455 g/mol. The van der Waals surface area contributed by atoms with Crippen LogP contribution in [-0.4, -0.2) is 42.2 Å². The molecule has 0 aromatic heterocycles. The fourth-order valence-electron chi connectivity index (χ4n) is 4.82. The van der Waals surface area contributed by atoms with Gasteiger partial charge in [-0.15, -0.1) is 0 Å². The van der Waals surface area contributed by atoms with Crippen molar-refractivity contribution in [1.29, 1.82) is 0 Å². The molecule has 1 saturated heterocycles. The Morgan fingerprint density at radius 1 is 0.545 bits per heavy atom. The number of rotatable bonds is 4. The van der Waals surface area contributed by atoms with E-state index < -0.39 is 14.5 Å². The summed E-state index contributed by atoms with van der Waals surface area (Å²) < 4.78 is 11.3. The SMILES string of the molecule is CC(C)(C)N1CCN(C(C)(C)C)[Si]1=NC(c1ccccc1)(c1ccccc1)c1ccccc1. The summed E-state index contributed by atoms with van der Waals surface area (Å²) in [6, 6.07) is 32.6. The minimum absolute atomic E-state index is 0.0492.